The highest BCUT2D eigenvalue weighted by molar-refractivity contribution is 5.78. The summed E-state index contributed by atoms with van der Waals surface area (Å²) in [6.45, 7) is 2.19. The van der Waals surface area contributed by atoms with Gasteiger partial charge in [-0.15, -0.1) is 0 Å². The van der Waals surface area contributed by atoms with Crippen LogP contribution in [-0.2, 0) is 22.7 Å². The predicted octanol–water partition coefficient (Wildman–Crippen LogP) is 2.89. The quantitative estimate of drug-likeness (QED) is 0.789. The third kappa shape index (κ3) is 5.88. The molecule has 0 fully saturated rings. The average Bonchev–Trinajstić information content (AvgIpc) is 2.65. The summed E-state index contributed by atoms with van der Waals surface area (Å²) >= 11 is 0. The Hall–Kier alpha value is -2.89. The minimum Gasteiger partial charge on any atom is -0.497 e. The van der Waals surface area contributed by atoms with E-state index in [4.69, 9.17) is 4.74 Å². The Labute approximate surface area is 152 Å². The van der Waals surface area contributed by atoms with Crippen molar-refractivity contribution >= 4 is 11.8 Å². The highest BCUT2D eigenvalue weighted by atomic mass is 19.1. The monoisotopic (exact) mass is 358 g/mol. The van der Waals surface area contributed by atoms with Crippen LogP contribution in [-0.4, -0.2) is 30.4 Å². The van der Waals surface area contributed by atoms with Crippen LogP contribution in [0, 0.1) is 5.82 Å². The first-order chi connectivity index (χ1) is 12.5. The van der Waals surface area contributed by atoms with E-state index in [-0.39, 0.29) is 37.1 Å². The molecule has 0 saturated heterocycles. The van der Waals surface area contributed by atoms with Crippen molar-refractivity contribution in [3.63, 3.8) is 0 Å². The molecule has 0 spiro atoms. The Morgan fingerprint density at radius 2 is 1.81 bits per heavy atom. The SMILES string of the molecule is COc1ccc(CNC(=O)CCN(Cc2ccccc2F)C(C)=O)cc1. The zero-order valence-corrected chi connectivity index (χ0v) is 15.0. The highest BCUT2D eigenvalue weighted by Crippen LogP contribution is 2.12. The molecule has 6 heteroatoms. The van der Waals surface area contributed by atoms with E-state index >= 15 is 0 Å². The molecule has 2 rings (SSSR count). The number of rotatable bonds is 8. The second-order valence-electron chi connectivity index (χ2n) is 5.91. The van der Waals surface area contributed by atoms with Crippen LogP contribution < -0.4 is 10.1 Å². The number of carbonyl (C=O) groups is 2. The number of nitrogens with one attached hydrogen (secondary N) is 1. The molecule has 2 aromatic rings. The molecule has 0 heterocycles. The van der Waals surface area contributed by atoms with E-state index in [0.717, 1.165) is 11.3 Å². The smallest absolute Gasteiger partial charge is 0.222 e. The molecule has 2 amide bonds. The zero-order valence-electron chi connectivity index (χ0n) is 15.0. The zero-order chi connectivity index (χ0) is 18.9. The predicted molar refractivity (Wildman–Crippen MR) is 96.9 cm³/mol. The fraction of sp³-hybridized carbons (Fsp3) is 0.300. The van der Waals surface area contributed by atoms with Crippen molar-refractivity contribution in [1.82, 2.24) is 10.2 Å². The van der Waals surface area contributed by atoms with Crippen molar-refractivity contribution in [3.05, 3.63) is 65.5 Å². The summed E-state index contributed by atoms with van der Waals surface area (Å²) in [5.41, 5.74) is 1.38. The first kappa shape index (κ1) is 19.4. The number of carbonyl (C=O) groups excluding carboxylic acids is 2. The van der Waals surface area contributed by atoms with Gasteiger partial charge in [0.05, 0.1) is 7.11 Å². The Kier molecular flexibility index (Phi) is 7.14. The first-order valence-electron chi connectivity index (χ1n) is 8.38. The molecular weight excluding hydrogens is 335 g/mol. The van der Waals surface area contributed by atoms with Crippen molar-refractivity contribution in [2.75, 3.05) is 13.7 Å². The van der Waals surface area contributed by atoms with Gasteiger partial charge >= 0.3 is 0 Å². The van der Waals surface area contributed by atoms with Crippen LogP contribution in [0.25, 0.3) is 0 Å². The van der Waals surface area contributed by atoms with Gasteiger partial charge in [-0.3, -0.25) is 9.59 Å². The summed E-state index contributed by atoms with van der Waals surface area (Å²) in [4.78, 5) is 25.3. The van der Waals surface area contributed by atoms with Crippen molar-refractivity contribution in [1.29, 1.82) is 0 Å². The molecule has 138 valence electrons. The number of nitrogens with zero attached hydrogens (tertiary/aromatic N) is 1. The van der Waals surface area contributed by atoms with E-state index in [1.807, 2.05) is 24.3 Å². The van der Waals surface area contributed by atoms with Gasteiger partial charge in [-0.05, 0) is 23.8 Å². The van der Waals surface area contributed by atoms with Crippen LogP contribution in [0.2, 0.25) is 0 Å². The van der Waals surface area contributed by atoms with Gasteiger partial charge in [0.1, 0.15) is 11.6 Å². The molecule has 0 aliphatic heterocycles. The molecule has 0 bridgehead atoms. The molecule has 1 N–H and O–H groups in total. The highest BCUT2D eigenvalue weighted by Gasteiger charge is 2.13. The number of amides is 2. The maximum atomic E-state index is 13.7. The molecule has 0 aliphatic rings. The van der Waals surface area contributed by atoms with E-state index in [2.05, 4.69) is 5.32 Å². The van der Waals surface area contributed by atoms with Gasteiger partial charge in [0.15, 0.2) is 0 Å². The topological polar surface area (TPSA) is 58.6 Å². The normalized spacial score (nSPS) is 10.3. The minimum absolute atomic E-state index is 0.147. The summed E-state index contributed by atoms with van der Waals surface area (Å²) in [5.74, 6) is 0.0323. The Bertz CT molecular complexity index is 747. The van der Waals surface area contributed by atoms with Crippen LogP contribution >= 0.6 is 0 Å². The van der Waals surface area contributed by atoms with Crippen molar-refractivity contribution in [2.45, 2.75) is 26.4 Å². The molecule has 2 aromatic carbocycles. The third-order valence-electron chi connectivity index (χ3n) is 4.02. The van der Waals surface area contributed by atoms with E-state index in [1.54, 1.807) is 25.3 Å². The summed E-state index contributed by atoms with van der Waals surface area (Å²) in [6, 6.07) is 13.7. The fourth-order valence-corrected chi connectivity index (χ4v) is 2.45. The summed E-state index contributed by atoms with van der Waals surface area (Å²) in [5, 5.41) is 2.81. The lowest BCUT2D eigenvalue weighted by atomic mass is 10.2. The summed E-state index contributed by atoms with van der Waals surface area (Å²) in [7, 11) is 1.60. The summed E-state index contributed by atoms with van der Waals surface area (Å²) < 4.78 is 18.8. The van der Waals surface area contributed by atoms with Gasteiger partial charge in [-0.2, -0.15) is 0 Å². The van der Waals surface area contributed by atoms with Crippen LogP contribution in [0.5, 0.6) is 5.75 Å². The van der Waals surface area contributed by atoms with E-state index in [1.165, 1.54) is 17.9 Å². The van der Waals surface area contributed by atoms with Gasteiger partial charge < -0.3 is 15.0 Å². The molecule has 0 atom stereocenters. The molecular formula is C20H23FN2O3. The Balaban J connectivity index is 1.83. The van der Waals surface area contributed by atoms with Gasteiger partial charge in [0.25, 0.3) is 0 Å². The Morgan fingerprint density at radius 3 is 2.42 bits per heavy atom. The lowest BCUT2D eigenvalue weighted by Gasteiger charge is -2.21. The average molecular weight is 358 g/mol. The lowest BCUT2D eigenvalue weighted by Crippen LogP contribution is -2.33. The van der Waals surface area contributed by atoms with E-state index in [0.29, 0.717) is 12.1 Å². The second kappa shape index (κ2) is 9.56. The number of ether oxygens (including phenoxy) is 1. The van der Waals surface area contributed by atoms with Crippen molar-refractivity contribution < 1.29 is 18.7 Å². The number of hydrogen-bond donors (Lipinski definition) is 1. The van der Waals surface area contributed by atoms with Gasteiger partial charge in [-0.1, -0.05) is 30.3 Å². The maximum Gasteiger partial charge on any atom is 0.222 e. The van der Waals surface area contributed by atoms with Crippen molar-refractivity contribution in [2.24, 2.45) is 0 Å². The molecule has 0 radical (unpaired) electrons. The van der Waals surface area contributed by atoms with Crippen LogP contribution in [0.1, 0.15) is 24.5 Å². The standard InChI is InChI=1S/C20H23FN2O3/c1-15(24)23(14-17-5-3-4-6-19(17)21)12-11-20(25)22-13-16-7-9-18(26-2)10-8-16/h3-10H,11-14H2,1-2H3,(H,22,25). The Morgan fingerprint density at radius 1 is 1.12 bits per heavy atom. The number of methoxy groups -OCH3 is 1. The maximum absolute atomic E-state index is 13.7. The molecule has 0 aromatic heterocycles. The number of halogens is 1. The molecule has 0 saturated carbocycles. The van der Waals surface area contributed by atoms with Gasteiger partial charge in [0.2, 0.25) is 11.8 Å². The first-order valence-corrected chi connectivity index (χ1v) is 8.38. The van der Waals surface area contributed by atoms with Crippen molar-refractivity contribution in [3.8, 4) is 5.75 Å². The number of hydrogen-bond acceptors (Lipinski definition) is 3. The molecule has 0 aliphatic carbocycles. The van der Waals surface area contributed by atoms with Crippen LogP contribution in [0.3, 0.4) is 0 Å². The summed E-state index contributed by atoms with van der Waals surface area (Å²) in [6.07, 6.45) is 0.157. The van der Waals surface area contributed by atoms with E-state index < -0.39 is 0 Å². The van der Waals surface area contributed by atoms with Gasteiger partial charge in [0, 0.05) is 38.5 Å². The van der Waals surface area contributed by atoms with E-state index in [9.17, 15) is 14.0 Å². The lowest BCUT2D eigenvalue weighted by molar-refractivity contribution is -0.130. The fourth-order valence-electron chi connectivity index (χ4n) is 2.45. The third-order valence-corrected chi connectivity index (χ3v) is 4.02. The minimum atomic E-state index is -0.359. The molecule has 26 heavy (non-hydrogen) atoms. The van der Waals surface area contributed by atoms with Gasteiger partial charge in [-0.25, -0.2) is 4.39 Å². The molecule has 5 nitrogen and oxygen atoms in total. The largest absolute Gasteiger partial charge is 0.497 e. The van der Waals surface area contributed by atoms with Crippen LogP contribution in [0.15, 0.2) is 48.5 Å². The number of benzene rings is 2. The van der Waals surface area contributed by atoms with Crippen LogP contribution in [0.4, 0.5) is 4.39 Å². The second-order valence-corrected chi connectivity index (χ2v) is 5.91. The molecule has 0 unspecified atom stereocenters.